The van der Waals surface area contributed by atoms with E-state index in [0.717, 1.165) is 19.1 Å². The monoisotopic (exact) mass is 290 g/mol. The van der Waals surface area contributed by atoms with Crippen LogP contribution in [0, 0.1) is 11.8 Å². The van der Waals surface area contributed by atoms with E-state index in [1.807, 2.05) is 0 Å². The van der Waals surface area contributed by atoms with Gasteiger partial charge in [0.15, 0.2) is 0 Å². The van der Waals surface area contributed by atoms with Crippen LogP contribution in [-0.4, -0.2) is 38.4 Å². The summed E-state index contributed by atoms with van der Waals surface area (Å²) < 4.78 is 22.1. The van der Waals surface area contributed by atoms with Gasteiger partial charge in [-0.3, -0.25) is 4.79 Å². The Morgan fingerprint density at radius 2 is 1.79 bits per heavy atom. The highest BCUT2D eigenvalue weighted by atomic mass is 32.2. The third kappa shape index (κ3) is 6.38. The molecule has 1 aliphatic carbocycles. The zero-order valence-corrected chi connectivity index (χ0v) is 12.9. The number of rotatable bonds is 5. The largest absolute Gasteiger partial charge is 0.352 e. The fourth-order valence-electron chi connectivity index (χ4n) is 2.85. The van der Waals surface area contributed by atoms with Gasteiger partial charge in [0.2, 0.25) is 5.91 Å². The van der Waals surface area contributed by atoms with E-state index in [4.69, 9.17) is 5.73 Å². The van der Waals surface area contributed by atoms with Crippen molar-refractivity contribution in [2.45, 2.75) is 51.6 Å². The maximum Gasteiger partial charge on any atom is 0.237 e. The summed E-state index contributed by atoms with van der Waals surface area (Å²) in [4.78, 5) is 11.9. The standard InChI is InChI=1S/C13H26N2O3S/c1-9-6-10(2)8-11(7-9)15-13(16)12(14)4-5-19(3,17)18/h9-12H,4-8,14H2,1-3H3,(H,15,16). The minimum absolute atomic E-state index is 0.0426. The van der Waals surface area contributed by atoms with Crippen LogP contribution < -0.4 is 11.1 Å². The Kier molecular flexibility index (Phi) is 5.80. The van der Waals surface area contributed by atoms with Gasteiger partial charge in [0.1, 0.15) is 9.84 Å². The number of nitrogens with two attached hydrogens (primary N) is 1. The van der Waals surface area contributed by atoms with Crippen LogP contribution >= 0.6 is 0 Å². The highest BCUT2D eigenvalue weighted by Crippen LogP contribution is 2.28. The minimum atomic E-state index is -3.06. The van der Waals surface area contributed by atoms with Gasteiger partial charge in [0.25, 0.3) is 0 Å². The summed E-state index contributed by atoms with van der Waals surface area (Å²) in [5.74, 6) is 0.955. The van der Waals surface area contributed by atoms with Crippen LogP contribution in [0.25, 0.3) is 0 Å². The van der Waals surface area contributed by atoms with Gasteiger partial charge in [-0.05, 0) is 37.5 Å². The van der Waals surface area contributed by atoms with Gasteiger partial charge in [0.05, 0.1) is 11.8 Å². The molecule has 0 spiro atoms. The molecular weight excluding hydrogens is 264 g/mol. The molecule has 1 aliphatic rings. The zero-order chi connectivity index (χ0) is 14.6. The molecule has 1 rings (SSSR count). The van der Waals surface area contributed by atoms with Crippen LogP contribution in [0.4, 0.5) is 0 Å². The molecule has 3 atom stereocenters. The van der Waals surface area contributed by atoms with Crippen molar-refractivity contribution in [2.75, 3.05) is 12.0 Å². The molecule has 0 saturated heterocycles. The summed E-state index contributed by atoms with van der Waals surface area (Å²) in [6.45, 7) is 4.39. The first-order valence-electron chi connectivity index (χ1n) is 6.91. The zero-order valence-electron chi connectivity index (χ0n) is 12.1. The van der Waals surface area contributed by atoms with Crippen LogP contribution in [0.15, 0.2) is 0 Å². The first kappa shape index (κ1) is 16.4. The fraction of sp³-hybridized carbons (Fsp3) is 0.923. The SMILES string of the molecule is CC1CC(C)CC(NC(=O)C(N)CCS(C)(=O)=O)C1. The summed E-state index contributed by atoms with van der Waals surface area (Å²) in [5.41, 5.74) is 5.73. The number of carbonyl (C=O) groups excluding carboxylic acids is 1. The smallest absolute Gasteiger partial charge is 0.237 e. The molecule has 0 aromatic heterocycles. The molecule has 5 nitrogen and oxygen atoms in total. The van der Waals surface area contributed by atoms with E-state index in [-0.39, 0.29) is 24.1 Å². The molecule has 0 heterocycles. The van der Waals surface area contributed by atoms with Crippen LogP contribution in [0.1, 0.15) is 39.5 Å². The van der Waals surface area contributed by atoms with E-state index in [1.165, 1.54) is 6.42 Å². The minimum Gasteiger partial charge on any atom is -0.352 e. The lowest BCUT2D eigenvalue weighted by atomic mass is 9.80. The maximum absolute atomic E-state index is 11.9. The molecule has 1 fully saturated rings. The molecule has 0 radical (unpaired) electrons. The van der Waals surface area contributed by atoms with Crippen molar-refractivity contribution < 1.29 is 13.2 Å². The average Bonchev–Trinajstić information content (AvgIpc) is 2.23. The van der Waals surface area contributed by atoms with Gasteiger partial charge in [-0.15, -0.1) is 0 Å². The Morgan fingerprint density at radius 1 is 1.26 bits per heavy atom. The van der Waals surface area contributed by atoms with Crippen molar-refractivity contribution in [1.29, 1.82) is 0 Å². The molecule has 6 heteroatoms. The number of nitrogens with one attached hydrogen (secondary N) is 1. The maximum atomic E-state index is 11.9. The summed E-state index contributed by atoms with van der Waals surface area (Å²) in [6, 6.07) is -0.558. The third-order valence-corrected chi connectivity index (χ3v) is 4.64. The molecule has 1 saturated carbocycles. The van der Waals surface area contributed by atoms with Crippen molar-refractivity contribution in [3.8, 4) is 0 Å². The first-order valence-corrected chi connectivity index (χ1v) is 8.97. The lowest BCUT2D eigenvalue weighted by molar-refractivity contribution is -0.123. The predicted molar refractivity (Wildman–Crippen MR) is 76.4 cm³/mol. The lowest BCUT2D eigenvalue weighted by Crippen LogP contribution is -2.48. The van der Waals surface area contributed by atoms with E-state index in [0.29, 0.717) is 11.8 Å². The molecule has 19 heavy (non-hydrogen) atoms. The highest BCUT2D eigenvalue weighted by molar-refractivity contribution is 7.90. The van der Waals surface area contributed by atoms with E-state index < -0.39 is 15.9 Å². The van der Waals surface area contributed by atoms with Crippen molar-refractivity contribution in [2.24, 2.45) is 17.6 Å². The highest BCUT2D eigenvalue weighted by Gasteiger charge is 2.26. The number of hydrogen-bond donors (Lipinski definition) is 2. The molecule has 0 aromatic rings. The molecule has 3 N–H and O–H groups in total. The molecule has 112 valence electrons. The van der Waals surface area contributed by atoms with Crippen molar-refractivity contribution in [3.63, 3.8) is 0 Å². The van der Waals surface area contributed by atoms with E-state index in [2.05, 4.69) is 19.2 Å². The summed E-state index contributed by atoms with van der Waals surface area (Å²) in [7, 11) is -3.06. The topological polar surface area (TPSA) is 89.3 Å². The Bertz CT molecular complexity index is 398. The molecule has 0 aliphatic heterocycles. The Balaban J connectivity index is 2.41. The van der Waals surface area contributed by atoms with Crippen LogP contribution in [0.3, 0.4) is 0 Å². The van der Waals surface area contributed by atoms with E-state index in [1.54, 1.807) is 0 Å². The van der Waals surface area contributed by atoms with E-state index >= 15 is 0 Å². The van der Waals surface area contributed by atoms with Crippen LogP contribution in [-0.2, 0) is 14.6 Å². The molecule has 0 aromatic carbocycles. The van der Waals surface area contributed by atoms with Crippen molar-refractivity contribution in [3.05, 3.63) is 0 Å². The lowest BCUT2D eigenvalue weighted by Gasteiger charge is -2.32. The second-order valence-electron chi connectivity index (χ2n) is 6.15. The second-order valence-corrected chi connectivity index (χ2v) is 8.41. The van der Waals surface area contributed by atoms with Gasteiger partial charge in [-0.1, -0.05) is 13.8 Å². The van der Waals surface area contributed by atoms with E-state index in [9.17, 15) is 13.2 Å². The summed E-state index contributed by atoms with van der Waals surface area (Å²) >= 11 is 0. The van der Waals surface area contributed by atoms with Crippen LogP contribution in [0.2, 0.25) is 0 Å². The fourth-order valence-corrected chi connectivity index (χ4v) is 3.53. The summed E-state index contributed by atoms with van der Waals surface area (Å²) in [5, 5.41) is 2.96. The first-order chi connectivity index (χ1) is 8.67. The number of carbonyl (C=O) groups is 1. The third-order valence-electron chi connectivity index (χ3n) is 3.66. The van der Waals surface area contributed by atoms with Crippen LogP contribution in [0.5, 0.6) is 0 Å². The number of amides is 1. The van der Waals surface area contributed by atoms with Crippen molar-refractivity contribution >= 4 is 15.7 Å². The average molecular weight is 290 g/mol. The van der Waals surface area contributed by atoms with Gasteiger partial charge >= 0.3 is 0 Å². The summed E-state index contributed by atoms with van der Waals surface area (Å²) in [6.07, 6.45) is 4.50. The number of sulfone groups is 1. The van der Waals surface area contributed by atoms with Gasteiger partial charge in [0, 0.05) is 12.3 Å². The number of hydrogen-bond acceptors (Lipinski definition) is 4. The molecule has 3 unspecified atom stereocenters. The molecule has 0 bridgehead atoms. The Hall–Kier alpha value is -0.620. The Morgan fingerprint density at radius 3 is 2.26 bits per heavy atom. The normalized spacial score (nSPS) is 29.8. The molecule has 1 amide bonds. The van der Waals surface area contributed by atoms with Gasteiger partial charge < -0.3 is 11.1 Å². The Labute approximate surface area is 116 Å². The molecular formula is C13H26N2O3S. The van der Waals surface area contributed by atoms with Crippen molar-refractivity contribution in [1.82, 2.24) is 5.32 Å². The second kappa shape index (κ2) is 6.70. The quantitative estimate of drug-likeness (QED) is 0.779. The van der Waals surface area contributed by atoms with Gasteiger partial charge in [-0.2, -0.15) is 0 Å². The van der Waals surface area contributed by atoms with Gasteiger partial charge in [-0.25, -0.2) is 8.42 Å². The predicted octanol–water partition coefficient (Wildman–Crippen LogP) is 0.689.